The van der Waals surface area contributed by atoms with E-state index in [9.17, 15) is 4.39 Å². The summed E-state index contributed by atoms with van der Waals surface area (Å²) >= 11 is 5.88. The Balaban J connectivity index is 2.73. The number of ether oxygens (including phenoxy) is 1. The fourth-order valence-corrected chi connectivity index (χ4v) is 1.85. The molecule has 0 heterocycles. The topological polar surface area (TPSA) is 9.23 Å². The molecule has 3 heteroatoms. The Morgan fingerprint density at radius 1 is 1.47 bits per heavy atom. The van der Waals surface area contributed by atoms with E-state index in [1.807, 2.05) is 13.0 Å². The largest absolute Gasteiger partial charge is 0.382 e. The van der Waals surface area contributed by atoms with E-state index in [1.54, 1.807) is 13.2 Å². The van der Waals surface area contributed by atoms with E-state index in [0.29, 0.717) is 5.88 Å². The van der Waals surface area contributed by atoms with Gasteiger partial charge >= 0.3 is 0 Å². The van der Waals surface area contributed by atoms with Crippen LogP contribution in [0.5, 0.6) is 0 Å². The predicted molar refractivity (Wildman–Crippen MR) is 60.9 cm³/mol. The molecule has 1 rings (SSSR count). The quantitative estimate of drug-likeness (QED) is 0.703. The van der Waals surface area contributed by atoms with Crippen molar-refractivity contribution in [1.82, 2.24) is 0 Å². The third-order valence-corrected chi connectivity index (χ3v) is 2.90. The lowest BCUT2D eigenvalue weighted by atomic mass is 9.95. The van der Waals surface area contributed by atoms with Crippen molar-refractivity contribution in [2.24, 2.45) is 0 Å². The van der Waals surface area contributed by atoms with Gasteiger partial charge < -0.3 is 4.74 Å². The highest BCUT2D eigenvalue weighted by Gasteiger charge is 2.14. The number of benzene rings is 1. The number of halogens is 2. The monoisotopic (exact) mass is 230 g/mol. The van der Waals surface area contributed by atoms with Gasteiger partial charge in [0.15, 0.2) is 0 Å². The van der Waals surface area contributed by atoms with E-state index in [4.69, 9.17) is 16.3 Å². The van der Waals surface area contributed by atoms with E-state index < -0.39 is 0 Å². The summed E-state index contributed by atoms with van der Waals surface area (Å²) in [5.74, 6) is 0.418. The number of alkyl halides is 1. The summed E-state index contributed by atoms with van der Waals surface area (Å²) in [5, 5.41) is 0. The molecule has 0 saturated heterocycles. The Kier molecular flexibility index (Phi) is 5.06. The maximum absolute atomic E-state index is 13.0. The van der Waals surface area contributed by atoms with Gasteiger partial charge in [-0.2, -0.15) is 0 Å². The van der Waals surface area contributed by atoms with E-state index in [2.05, 4.69) is 0 Å². The van der Waals surface area contributed by atoms with Crippen LogP contribution < -0.4 is 0 Å². The molecule has 84 valence electrons. The van der Waals surface area contributed by atoms with Crippen molar-refractivity contribution >= 4 is 11.6 Å². The molecule has 0 fully saturated rings. The normalized spacial score (nSPS) is 14.9. The summed E-state index contributed by atoms with van der Waals surface area (Å²) < 4.78 is 18.2. The molecule has 1 aromatic rings. The molecule has 0 aliphatic heterocycles. The minimum atomic E-state index is -0.215. The Hall–Kier alpha value is -0.600. The van der Waals surface area contributed by atoms with Crippen molar-refractivity contribution in [2.75, 3.05) is 13.0 Å². The molecule has 0 aliphatic rings. The first-order valence-corrected chi connectivity index (χ1v) is 5.55. The van der Waals surface area contributed by atoms with Gasteiger partial charge in [-0.25, -0.2) is 4.39 Å². The number of rotatable bonds is 5. The lowest BCUT2D eigenvalue weighted by Gasteiger charge is -2.18. The zero-order chi connectivity index (χ0) is 11.3. The molecule has 0 N–H and O–H groups in total. The second-order valence-electron chi connectivity index (χ2n) is 3.69. The average molecular weight is 231 g/mol. The van der Waals surface area contributed by atoms with Crippen LogP contribution in [0.4, 0.5) is 4.39 Å². The smallest absolute Gasteiger partial charge is 0.123 e. The Morgan fingerprint density at radius 3 is 2.73 bits per heavy atom. The summed E-state index contributed by atoms with van der Waals surface area (Å²) in [6, 6.07) is 6.59. The fourth-order valence-electron chi connectivity index (χ4n) is 1.55. The average Bonchev–Trinajstić information content (AvgIpc) is 2.25. The van der Waals surface area contributed by atoms with E-state index in [0.717, 1.165) is 12.0 Å². The molecule has 2 unspecified atom stereocenters. The van der Waals surface area contributed by atoms with Crippen LogP contribution in [0, 0.1) is 5.82 Å². The maximum Gasteiger partial charge on any atom is 0.123 e. The summed E-state index contributed by atoms with van der Waals surface area (Å²) in [6.45, 7) is 1.98. The van der Waals surface area contributed by atoms with Crippen LogP contribution >= 0.6 is 11.6 Å². The highest BCUT2D eigenvalue weighted by molar-refractivity contribution is 6.18. The van der Waals surface area contributed by atoms with Crippen molar-refractivity contribution in [1.29, 1.82) is 0 Å². The number of hydrogen-bond acceptors (Lipinski definition) is 1. The van der Waals surface area contributed by atoms with Gasteiger partial charge in [0.05, 0.1) is 6.10 Å². The fraction of sp³-hybridized carbons (Fsp3) is 0.500. The minimum absolute atomic E-state index is 0.136. The molecule has 15 heavy (non-hydrogen) atoms. The maximum atomic E-state index is 13.0. The Labute approximate surface area is 95.2 Å². The van der Waals surface area contributed by atoms with Gasteiger partial charge in [-0.05, 0) is 37.0 Å². The van der Waals surface area contributed by atoms with Gasteiger partial charge in [-0.15, -0.1) is 11.6 Å². The van der Waals surface area contributed by atoms with Crippen molar-refractivity contribution in [3.63, 3.8) is 0 Å². The van der Waals surface area contributed by atoms with Crippen LogP contribution in [0.1, 0.15) is 24.8 Å². The standard InChI is InChI=1S/C12H16ClFO/c1-9(15-2)6-11(8-13)10-4-3-5-12(14)7-10/h3-5,7,9,11H,6,8H2,1-2H3. The molecule has 0 spiro atoms. The molecular weight excluding hydrogens is 215 g/mol. The first kappa shape index (κ1) is 12.5. The van der Waals surface area contributed by atoms with Crippen molar-refractivity contribution in [2.45, 2.75) is 25.4 Å². The van der Waals surface area contributed by atoms with Gasteiger partial charge in [0.2, 0.25) is 0 Å². The lowest BCUT2D eigenvalue weighted by Crippen LogP contribution is -2.12. The van der Waals surface area contributed by atoms with Crippen LogP contribution in [-0.2, 0) is 4.74 Å². The van der Waals surface area contributed by atoms with Gasteiger partial charge in [-0.1, -0.05) is 12.1 Å². The van der Waals surface area contributed by atoms with Gasteiger partial charge in [0.25, 0.3) is 0 Å². The first-order chi connectivity index (χ1) is 7.17. The van der Waals surface area contributed by atoms with Crippen molar-refractivity contribution in [3.8, 4) is 0 Å². The molecule has 0 aliphatic carbocycles. The molecule has 0 radical (unpaired) electrons. The Bertz CT molecular complexity index is 303. The molecule has 0 bridgehead atoms. The lowest BCUT2D eigenvalue weighted by molar-refractivity contribution is 0.106. The number of hydrogen-bond donors (Lipinski definition) is 0. The van der Waals surface area contributed by atoms with E-state index in [1.165, 1.54) is 12.1 Å². The minimum Gasteiger partial charge on any atom is -0.382 e. The summed E-state index contributed by atoms with van der Waals surface area (Å²) in [7, 11) is 1.67. The first-order valence-electron chi connectivity index (χ1n) is 5.01. The predicted octanol–water partition coefficient (Wildman–Crippen LogP) is 3.57. The second-order valence-corrected chi connectivity index (χ2v) is 4.00. The van der Waals surface area contributed by atoms with Gasteiger partial charge in [0, 0.05) is 13.0 Å². The molecule has 1 aromatic carbocycles. The second kappa shape index (κ2) is 6.09. The molecule has 0 amide bonds. The summed E-state index contributed by atoms with van der Waals surface area (Å²) in [5.41, 5.74) is 0.939. The van der Waals surface area contributed by atoms with Gasteiger partial charge in [-0.3, -0.25) is 0 Å². The van der Waals surface area contributed by atoms with Gasteiger partial charge in [0.1, 0.15) is 5.82 Å². The third kappa shape index (κ3) is 3.80. The molecule has 2 atom stereocenters. The van der Waals surface area contributed by atoms with Crippen molar-refractivity contribution < 1.29 is 9.13 Å². The molecule has 0 saturated carbocycles. The highest BCUT2D eigenvalue weighted by atomic mass is 35.5. The Morgan fingerprint density at radius 2 is 2.20 bits per heavy atom. The number of methoxy groups -OCH3 is 1. The van der Waals surface area contributed by atoms with E-state index >= 15 is 0 Å². The molecule has 1 nitrogen and oxygen atoms in total. The molecular formula is C12H16ClFO. The van der Waals surface area contributed by atoms with Crippen LogP contribution in [-0.4, -0.2) is 19.1 Å². The zero-order valence-electron chi connectivity index (χ0n) is 9.04. The van der Waals surface area contributed by atoms with Crippen LogP contribution in [0.3, 0.4) is 0 Å². The van der Waals surface area contributed by atoms with E-state index in [-0.39, 0.29) is 17.8 Å². The zero-order valence-corrected chi connectivity index (χ0v) is 9.80. The van der Waals surface area contributed by atoms with Crippen LogP contribution in [0.25, 0.3) is 0 Å². The van der Waals surface area contributed by atoms with Crippen LogP contribution in [0.2, 0.25) is 0 Å². The van der Waals surface area contributed by atoms with Crippen LogP contribution in [0.15, 0.2) is 24.3 Å². The summed E-state index contributed by atoms with van der Waals surface area (Å²) in [6.07, 6.45) is 0.945. The highest BCUT2D eigenvalue weighted by Crippen LogP contribution is 2.24. The molecule has 0 aromatic heterocycles. The third-order valence-electron chi connectivity index (χ3n) is 2.53. The van der Waals surface area contributed by atoms with Crippen molar-refractivity contribution in [3.05, 3.63) is 35.6 Å². The SMILES string of the molecule is COC(C)CC(CCl)c1cccc(F)c1. The summed E-state index contributed by atoms with van der Waals surface area (Å²) in [4.78, 5) is 0.